The second-order valence-corrected chi connectivity index (χ2v) is 8.24. The number of piperidine rings is 2. The first-order chi connectivity index (χ1) is 9.59. The van der Waals surface area contributed by atoms with Crippen LogP contribution in [0.5, 0.6) is 0 Å². The molecule has 0 aromatic rings. The fourth-order valence-corrected chi connectivity index (χ4v) is 5.71. The van der Waals surface area contributed by atoms with E-state index in [-0.39, 0.29) is 6.04 Å². The van der Waals surface area contributed by atoms with E-state index in [9.17, 15) is 8.42 Å². The van der Waals surface area contributed by atoms with Gasteiger partial charge < -0.3 is 0 Å². The molecule has 2 rings (SSSR count). The second kappa shape index (κ2) is 7.43. The maximum Gasteiger partial charge on any atom is 0.282 e. The molecule has 2 fully saturated rings. The maximum atomic E-state index is 12.8. The van der Waals surface area contributed by atoms with Crippen molar-refractivity contribution in [2.75, 3.05) is 25.5 Å². The van der Waals surface area contributed by atoms with Gasteiger partial charge in [-0.3, -0.25) is 0 Å². The van der Waals surface area contributed by atoms with Crippen molar-refractivity contribution in [2.45, 2.75) is 57.9 Å². The summed E-state index contributed by atoms with van der Waals surface area (Å²) in [5.41, 5.74) is 0. The highest BCUT2D eigenvalue weighted by molar-refractivity contribution is 7.86. The molecule has 0 spiro atoms. The van der Waals surface area contributed by atoms with Gasteiger partial charge in [-0.05, 0) is 31.6 Å². The summed E-state index contributed by atoms with van der Waals surface area (Å²) in [6.45, 7) is 4.19. The van der Waals surface area contributed by atoms with Crippen molar-refractivity contribution in [2.24, 2.45) is 5.92 Å². The van der Waals surface area contributed by atoms with Crippen LogP contribution in [0.25, 0.3) is 0 Å². The highest BCUT2D eigenvalue weighted by atomic mass is 35.5. The molecule has 4 nitrogen and oxygen atoms in total. The predicted octanol–water partition coefficient (Wildman–Crippen LogP) is 2.84. The average molecular weight is 323 g/mol. The second-order valence-electron chi connectivity index (χ2n) is 6.05. The summed E-state index contributed by atoms with van der Waals surface area (Å²) in [6.07, 6.45) is 7.37. The Hall–Kier alpha value is 0.160. The Morgan fingerprint density at radius 1 is 1.10 bits per heavy atom. The van der Waals surface area contributed by atoms with Gasteiger partial charge >= 0.3 is 0 Å². The molecule has 0 aliphatic carbocycles. The first-order valence-corrected chi connectivity index (χ1v) is 9.85. The Morgan fingerprint density at radius 2 is 1.80 bits per heavy atom. The van der Waals surface area contributed by atoms with Crippen LogP contribution in [0.2, 0.25) is 0 Å². The van der Waals surface area contributed by atoms with Gasteiger partial charge in [0, 0.05) is 31.6 Å². The standard InChI is InChI=1S/C14H27ClN2O2S/c1-2-5-13-7-10-16(11-8-13)20(18,19)17-9-4-3-6-14(17)12-15/h13-14H,2-12H2,1H3. The summed E-state index contributed by atoms with van der Waals surface area (Å²) in [4.78, 5) is 0. The van der Waals surface area contributed by atoms with Gasteiger partial charge in [-0.2, -0.15) is 17.0 Å². The van der Waals surface area contributed by atoms with Crippen molar-refractivity contribution in [1.29, 1.82) is 0 Å². The monoisotopic (exact) mass is 322 g/mol. The number of rotatable bonds is 5. The first kappa shape index (κ1) is 16.5. The smallest absolute Gasteiger partial charge is 0.195 e. The molecule has 0 bridgehead atoms. The summed E-state index contributed by atoms with van der Waals surface area (Å²) in [5, 5.41) is 0. The number of nitrogens with zero attached hydrogens (tertiary/aromatic N) is 2. The van der Waals surface area contributed by atoms with Gasteiger partial charge in [0.15, 0.2) is 0 Å². The quantitative estimate of drug-likeness (QED) is 0.730. The topological polar surface area (TPSA) is 40.6 Å². The van der Waals surface area contributed by atoms with Crippen molar-refractivity contribution in [3.05, 3.63) is 0 Å². The van der Waals surface area contributed by atoms with Crippen LogP contribution in [0.4, 0.5) is 0 Å². The molecule has 2 aliphatic heterocycles. The van der Waals surface area contributed by atoms with Crippen LogP contribution in [0.1, 0.15) is 51.9 Å². The van der Waals surface area contributed by atoms with Crippen LogP contribution >= 0.6 is 11.6 Å². The minimum absolute atomic E-state index is 0.0104. The van der Waals surface area contributed by atoms with E-state index in [4.69, 9.17) is 11.6 Å². The molecular formula is C14H27ClN2O2S. The van der Waals surface area contributed by atoms with Gasteiger partial charge in [0.2, 0.25) is 0 Å². The molecule has 2 saturated heterocycles. The van der Waals surface area contributed by atoms with Gasteiger partial charge in [-0.1, -0.05) is 26.2 Å². The van der Waals surface area contributed by atoms with Crippen molar-refractivity contribution < 1.29 is 8.42 Å². The summed E-state index contributed by atoms with van der Waals surface area (Å²) in [6, 6.07) is -0.0104. The minimum atomic E-state index is -3.30. The SMILES string of the molecule is CCCC1CCN(S(=O)(=O)N2CCCCC2CCl)CC1. The molecule has 0 radical (unpaired) electrons. The lowest BCUT2D eigenvalue weighted by Gasteiger charge is -2.39. The van der Waals surface area contributed by atoms with Gasteiger partial charge in [-0.25, -0.2) is 0 Å². The molecule has 0 saturated carbocycles. The zero-order chi connectivity index (χ0) is 14.6. The summed E-state index contributed by atoms with van der Waals surface area (Å²) < 4.78 is 28.9. The Kier molecular flexibility index (Phi) is 6.14. The van der Waals surface area contributed by atoms with E-state index in [0.717, 1.165) is 32.1 Å². The molecule has 0 aromatic carbocycles. The number of alkyl halides is 1. The molecule has 0 N–H and O–H groups in total. The van der Waals surface area contributed by atoms with Crippen LogP contribution in [0.3, 0.4) is 0 Å². The highest BCUT2D eigenvalue weighted by Crippen LogP contribution is 2.28. The number of halogens is 1. The third-order valence-electron chi connectivity index (χ3n) is 4.64. The Balaban J connectivity index is 1.99. The third-order valence-corrected chi connectivity index (χ3v) is 7.09. The van der Waals surface area contributed by atoms with E-state index in [1.54, 1.807) is 8.61 Å². The van der Waals surface area contributed by atoms with E-state index < -0.39 is 10.2 Å². The van der Waals surface area contributed by atoms with Crippen molar-refractivity contribution >= 4 is 21.8 Å². The molecule has 6 heteroatoms. The Bertz CT molecular complexity index is 394. The fourth-order valence-electron chi connectivity index (χ4n) is 3.42. The minimum Gasteiger partial charge on any atom is -0.195 e. The number of hydrogen-bond donors (Lipinski definition) is 0. The van der Waals surface area contributed by atoms with Crippen LogP contribution in [0.15, 0.2) is 0 Å². The Labute approximate surface area is 128 Å². The molecule has 20 heavy (non-hydrogen) atoms. The lowest BCUT2D eigenvalue weighted by Crippen LogP contribution is -2.53. The largest absolute Gasteiger partial charge is 0.282 e. The van der Waals surface area contributed by atoms with Crippen LogP contribution in [0, 0.1) is 5.92 Å². The summed E-state index contributed by atoms with van der Waals surface area (Å²) >= 11 is 5.96. The molecule has 1 unspecified atom stereocenters. The van der Waals surface area contributed by atoms with Crippen LogP contribution in [-0.2, 0) is 10.2 Å². The van der Waals surface area contributed by atoms with Crippen molar-refractivity contribution in [3.8, 4) is 0 Å². The zero-order valence-electron chi connectivity index (χ0n) is 12.4. The van der Waals surface area contributed by atoms with E-state index in [0.29, 0.717) is 31.4 Å². The third kappa shape index (κ3) is 3.67. The van der Waals surface area contributed by atoms with Gasteiger partial charge in [0.05, 0.1) is 0 Å². The van der Waals surface area contributed by atoms with Crippen LogP contribution < -0.4 is 0 Å². The molecule has 2 heterocycles. The van der Waals surface area contributed by atoms with Gasteiger partial charge in [-0.15, -0.1) is 11.6 Å². The van der Waals surface area contributed by atoms with Crippen LogP contribution in [-0.4, -0.2) is 48.6 Å². The molecule has 2 aliphatic rings. The fraction of sp³-hybridized carbons (Fsp3) is 1.00. The first-order valence-electron chi connectivity index (χ1n) is 7.92. The molecule has 1 atom stereocenters. The summed E-state index contributed by atoms with van der Waals surface area (Å²) in [5.74, 6) is 1.11. The number of hydrogen-bond acceptors (Lipinski definition) is 2. The molecule has 0 amide bonds. The zero-order valence-corrected chi connectivity index (χ0v) is 14.0. The van der Waals surface area contributed by atoms with E-state index in [1.165, 1.54) is 12.8 Å². The van der Waals surface area contributed by atoms with Crippen molar-refractivity contribution in [3.63, 3.8) is 0 Å². The molecule has 118 valence electrons. The van der Waals surface area contributed by atoms with E-state index in [2.05, 4.69) is 6.92 Å². The van der Waals surface area contributed by atoms with E-state index >= 15 is 0 Å². The highest BCUT2D eigenvalue weighted by Gasteiger charge is 2.37. The Morgan fingerprint density at radius 3 is 2.40 bits per heavy atom. The maximum absolute atomic E-state index is 12.8. The van der Waals surface area contributed by atoms with Crippen molar-refractivity contribution in [1.82, 2.24) is 8.61 Å². The lowest BCUT2D eigenvalue weighted by atomic mass is 9.94. The van der Waals surface area contributed by atoms with Gasteiger partial charge in [0.1, 0.15) is 0 Å². The molecular weight excluding hydrogens is 296 g/mol. The normalized spacial score (nSPS) is 27.8. The average Bonchev–Trinajstić information content (AvgIpc) is 2.48. The predicted molar refractivity (Wildman–Crippen MR) is 83.2 cm³/mol. The lowest BCUT2D eigenvalue weighted by molar-refractivity contribution is 0.215. The van der Waals surface area contributed by atoms with E-state index in [1.807, 2.05) is 0 Å². The van der Waals surface area contributed by atoms with Gasteiger partial charge in [0.25, 0.3) is 10.2 Å². The summed E-state index contributed by atoms with van der Waals surface area (Å²) in [7, 11) is -3.30. The molecule has 0 aromatic heterocycles.